The van der Waals surface area contributed by atoms with Crippen molar-refractivity contribution in [3.05, 3.63) is 41.6 Å². The van der Waals surface area contributed by atoms with Crippen LogP contribution < -0.4 is 0 Å². The summed E-state index contributed by atoms with van der Waals surface area (Å²) in [5.74, 6) is -0.204. The Morgan fingerprint density at radius 3 is 2.73 bits per heavy atom. The van der Waals surface area contributed by atoms with Crippen LogP contribution in [0.25, 0.3) is 10.9 Å². The highest BCUT2D eigenvalue weighted by Crippen LogP contribution is 2.23. The molecule has 0 unspecified atom stereocenters. The molecule has 1 aliphatic rings. The molecular weight excluding hydrogens is 348 g/mol. The van der Waals surface area contributed by atoms with E-state index in [1.165, 1.54) is 12.8 Å². The highest BCUT2D eigenvalue weighted by molar-refractivity contribution is 6.04. The van der Waals surface area contributed by atoms with Crippen molar-refractivity contribution in [2.75, 3.05) is 26.2 Å². The van der Waals surface area contributed by atoms with E-state index < -0.39 is 0 Å². The summed E-state index contributed by atoms with van der Waals surface area (Å²) in [6.45, 7) is 5.73. The number of ether oxygens (including phenoxy) is 1. The Balaban J connectivity index is 0.00000243. The fraction of sp³-hybridized carbons (Fsp3) is 0.524. The molecule has 0 radical (unpaired) electrons. The SMILES string of the molecule is CCCCCc1cnc2ccccc2c1C(=O)OCCN1CCCC1.Cl. The lowest BCUT2D eigenvalue weighted by Crippen LogP contribution is -2.25. The van der Waals surface area contributed by atoms with E-state index in [1.807, 2.05) is 30.5 Å². The fourth-order valence-corrected chi connectivity index (χ4v) is 3.52. The highest BCUT2D eigenvalue weighted by Gasteiger charge is 2.18. The van der Waals surface area contributed by atoms with Crippen LogP contribution in [0, 0.1) is 0 Å². The quantitative estimate of drug-likeness (QED) is 0.497. The van der Waals surface area contributed by atoms with Gasteiger partial charge in [-0.25, -0.2) is 4.79 Å². The number of unbranched alkanes of at least 4 members (excludes halogenated alkanes) is 2. The monoisotopic (exact) mass is 376 g/mol. The molecule has 1 saturated heterocycles. The number of halogens is 1. The van der Waals surface area contributed by atoms with Gasteiger partial charge in [-0.2, -0.15) is 0 Å². The van der Waals surface area contributed by atoms with Gasteiger partial charge in [0.15, 0.2) is 0 Å². The van der Waals surface area contributed by atoms with E-state index >= 15 is 0 Å². The zero-order chi connectivity index (χ0) is 17.5. The van der Waals surface area contributed by atoms with Crippen LogP contribution in [-0.4, -0.2) is 42.1 Å². The maximum Gasteiger partial charge on any atom is 0.339 e. The van der Waals surface area contributed by atoms with E-state index in [0.717, 1.165) is 61.8 Å². The van der Waals surface area contributed by atoms with Gasteiger partial charge in [0, 0.05) is 18.1 Å². The van der Waals surface area contributed by atoms with Gasteiger partial charge >= 0.3 is 5.97 Å². The van der Waals surface area contributed by atoms with Crippen molar-refractivity contribution in [2.24, 2.45) is 0 Å². The first-order valence-electron chi connectivity index (χ1n) is 9.55. The molecule has 2 aromatic rings. The second-order valence-corrected chi connectivity index (χ2v) is 6.82. The van der Waals surface area contributed by atoms with E-state index in [4.69, 9.17) is 4.74 Å². The van der Waals surface area contributed by atoms with E-state index in [-0.39, 0.29) is 18.4 Å². The molecule has 1 aromatic carbocycles. The van der Waals surface area contributed by atoms with Crippen LogP contribution in [0.15, 0.2) is 30.5 Å². The Kier molecular flexibility index (Phi) is 8.33. The smallest absolute Gasteiger partial charge is 0.339 e. The van der Waals surface area contributed by atoms with Crippen molar-refractivity contribution in [1.29, 1.82) is 0 Å². The predicted molar refractivity (Wildman–Crippen MR) is 108 cm³/mol. The lowest BCUT2D eigenvalue weighted by Gasteiger charge is -2.16. The Morgan fingerprint density at radius 2 is 1.96 bits per heavy atom. The average molecular weight is 377 g/mol. The minimum atomic E-state index is -0.204. The van der Waals surface area contributed by atoms with Crippen LogP contribution in [0.1, 0.15) is 54.9 Å². The second kappa shape index (κ2) is 10.5. The molecule has 3 rings (SSSR count). The normalized spacial score (nSPS) is 14.3. The molecule has 4 nitrogen and oxygen atoms in total. The van der Waals surface area contributed by atoms with E-state index in [0.29, 0.717) is 12.2 Å². The summed E-state index contributed by atoms with van der Waals surface area (Å²) in [6, 6.07) is 7.84. The third-order valence-electron chi connectivity index (χ3n) is 4.95. The minimum absolute atomic E-state index is 0. The van der Waals surface area contributed by atoms with E-state index in [2.05, 4.69) is 16.8 Å². The molecule has 0 N–H and O–H groups in total. The predicted octanol–water partition coefficient (Wildman–Crippen LogP) is 4.64. The van der Waals surface area contributed by atoms with E-state index in [1.54, 1.807) is 0 Å². The molecule has 1 aliphatic heterocycles. The van der Waals surface area contributed by atoms with Gasteiger partial charge in [-0.3, -0.25) is 9.88 Å². The van der Waals surface area contributed by atoms with Gasteiger partial charge in [0.2, 0.25) is 0 Å². The van der Waals surface area contributed by atoms with Crippen LogP contribution >= 0.6 is 12.4 Å². The van der Waals surface area contributed by atoms with Crippen LogP contribution in [0.2, 0.25) is 0 Å². The van der Waals surface area contributed by atoms with Gasteiger partial charge in [-0.15, -0.1) is 12.4 Å². The van der Waals surface area contributed by atoms with Crippen molar-refractivity contribution < 1.29 is 9.53 Å². The Labute approximate surface area is 162 Å². The Bertz CT molecular complexity index is 714. The number of esters is 1. The van der Waals surface area contributed by atoms with Crippen molar-refractivity contribution >= 4 is 29.3 Å². The zero-order valence-corrected chi connectivity index (χ0v) is 16.4. The molecule has 0 saturated carbocycles. The molecule has 0 atom stereocenters. The lowest BCUT2D eigenvalue weighted by atomic mass is 9.99. The first-order valence-corrected chi connectivity index (χ1v) is 9.55. The van der Waals surface area contributed by atoms with Crippen LogP contribution in [0.5, 0.6) is 0 Å². The third-order valence-corrected chi connectivity index (χ3v) is 4.95. The number of fused-ring (bicyclic) bond motifs is 1. The summed E-state index contributed by atoms with van der Waals surface area (Å²) >= 11 is 0. The fourth-order valence-electron chi connectivity index (χ4n) is 3.52. The van der Waals surface area contributed by atoms with Gasteiger partial charge in [-0.1, -0.05) is 38.0 Å². The standard InChI is InChI=1S/C21H28N2O2.ClH/c1-2-3-4-9-17-16-22-19-11-6-5-10-18(19)20(17)21(24)25-15-14-23-12-7-8-13-23;/h5-6,10-11,16H,2-4,7-9,12-15H2,1H3;1H. The maximum absolute atomic E-state index is 12.8. The number of carbonyl (C=O) groups excluding carboxylic acids is 1. The van der Waals surface area contributed by atoms with Crippen molar-refractivity contribution in [1.82, 2.24) is 9.88 Å². The number of aryl methyl sites for hydroxylation is 1. The number of nitrogens with zero attached hydrogens (tertiary/aromatic N) is 2. The molecule has 2 heterocycles. The molecule has 26 heavy (non-hydrogen) atoms. The number of aromatic nitrogens is 1. The summed E-state index contributed by atoms with van der Waals surface area (Å²) in [5, 5.41) is 0.905. The van der Waals surface area contributed by atoms with Crippen LogP contribution in [0.4, 0.5) is 0 Å². The summed E-state index contributed by atoms with van der Waals surface area (Å²) in [6.07, 6.45) is 8.64. The second-order valence-electron chi connectivity index (χ2n) is 6.82. The molecule has 0 spiro atoms. The van der Waals surface area contributed by atoms with Gasteiger partial charge < -0.3 is 4.74 Å². The third kappa shape index (κ3) is 5.18. The molecule has 142 valence electrons. The number of hydrogen-bond acceptors (Lipinski definition) is 4. The van der Waals surface area contributed by atoms with Gasteiger partial charge in [-0.05, 0) is 50.4 Å². The first-order chi connectivity index (χ1) is 12.3. The summed E-state index contributed by atoms with van der Waals surface area (Å²) in [5.41, 5.74) is 2.58. The lowest BCUT2D eigenvalue weighted by molar-refractivity contribution is 0.0473. The summed E-state index contributed by atoms with van der Waals surface area (Å²) in [4.78, 5) is 19.7. The molecule has 0 aliphatic carbocycles. The number of benzene rings is 1. The zero-order valence-electron chi connectivity index (χ0n) is 15.6. The molecule has 0 bridgehead atoms. The Morgan fingerprint density at radius 1 is 1.19 bits per heavy atom. The summed E-state index contributed by atoms with van der Waals surface area (Å²) in [7, 11) is 0. The minimum Gasteiger partial charge on any atom is -0.461 e. The van der Waals surface area contributed by atoms with Crippen molar-refractivity contribution in [3.63, 3.8) is 0 Å². The topological polar surface area (TPSA) is 42.4 Å². The van der Waals surface area contributed by atoms with Crippen molar-refractivity contribution in [3.8, 4) is 0 Å². The van der Waals surface area contributed by atoms with Crippen LogP contribution in [0.3, 0.4) is 0 Å². The Hall–Kier alpha value is -1.65. The van der Waals surface area contributed by atoms with Crippen molar-refractivity contribution in [2.45, 2.75) is 45.4 Å². The number of likely N-dealkylation sites (tertiary alicyclic amines) is 1. The largest absolute Gasteiger partial charge is 0.461 e. The summed E-state index contributed by atoms with van der Waals surface area (Å²) < 4.78 is 5.64. The average Bonchev–Trinajstić information content (AvgIpc) is 3.15. The number of rotatable bonds is 8. The van der Waals surface area contributed by atoms with Gasteiger partial charge in [0.1, 0.15) is 6.61 Å². The first kappa shape index (κ1) is 20.7. The molecular formula is C21H29ClN2O2. The maximum atomic E-state index is 12.8. The molecule has 0 amide bonds. The molecule has 1 aromatic heterocycles. The van der Waals surface area contributed by atoms with Gasteiger partial charge in [0.25, 0.3) is 0 Å². The molecule has 5 heteroatoms. The van der Waals surface area contributed by atoms with E-state index in [9.17, 15) is 4.79 Å². The number of hydrogen-bond donors (Lipinski definition) is 0. The molecule has 1 fully saturated rings. The number of carbonyl (C=O) groups is 1. The number of pyridine rings is 1. The van der Waals surface area contributed by atoms with Gasteiger partial charge in [0.05, 0.1) is 11.1 Å². The number of para-hydroxylation sites is 1. The van der Waals surface area contributed by atoms with Crippen LogP contribution in [-0.2, 0) is 11.2 Å². The highest BCUT2D eigenvalue weighted by atomic mass is 35.5.